The van der Waals surface area contributed by atoms with E-state index in [0.717, 1.165) is 0 Å². The summed E-state index contributed by atoms with van der Waals surface area (Å²) in [6, 6.07) is 7.50. The minimum atomic E-state index is -0.326. The number of halogens is 1. The number of carbonyl (C=O) groups is 1. The van der Waals surface area contributed by atoms with Crippen molar-refractivity contribution in [3.05, 3.63) is 53.5 Å². The molecule has 0 aliphatic carbocycles. The van der Waals surface area contributed by atoms with Crippen LogP contribution in [0.25, 0.3) is 0 Å². The molecule has 0 N–H and O–H groups in total. The third-order valence-corrected chi connectivity index (χ3v) is 2.49. The Hall–Kier alpha value is -2.23. The van der Waals surface area contributed by atoms with Crippen molar-refractivity contribution < 1.29 is 13.9 Å². The Balaban J connectivity index is 2.37. The molecule has 0 unspecified atom stereocenters. The van der Waals surface area contributed by atoms with Gasteiger partial charge in [0.05, 0.1) is 5.56 Å². The molecule has 0 radical (unpaired) electrons. The summed E-state index contributed by atoms with van der Waals surface area (Å²) in [4.78, 5) is 15.4. The fourth-order valence-corrected chi connectivity index (χ4v) is 1.57. The molecule has 1 aromatic heterocycles. The highest BCUT2D eigenvalue weighted by Gasteiger charge is 2.11. The fourth-order valence-electron chi connectivity index (χ4n) is 1.57. The van der Waals surface area contributed by atoms with Crippen molar-refractivity contribution in [3.63, 3.8) is 0 Å². The van der Waals surface area contributed by atoms with Gasteiger partial charge in [-0.1, -0.05) is 0 Å². The van der Waals surface area contributed by atoms with Crippen molar-refractivity contribution in [2.75, 3.05) is 0 Å². The number of nitrogens with zero attached hydrogens (tertiary/aromatic N) is 1. The van der Waals surface area contributed by atoms with E-state index in [0.29, 0.717) is 16.9 Å². The number of carbonyl (C=O) groups excluding carboxylic acids is 1. The van der Waals surface area contributed by atoms with E-state index in [1.54, 1.807) is 25.3 Å². The van der Waals surface area contributed by atoms with Gasteiger partial charge in [0, 0.05) is 6.20 Å². The lowest BCUT2D eigenvalue weighted by Crippen LogP contribution is -1.99. The first kappa shape index (κ1) is 12.2. The Kier molecular flexibility index (Phi) is 3.37. The standard InChI is InChI=1S/C14H12FNO2/c1-9-8-11(15)5-6-13(9)18-14-12(10(2)17)4-3-7-16-14/h3-8H,1-2H3. The lowest BCUT2D eigenvalue weighted by atomic mass is 10.2. The van der Waals surface area contributed by atoms with Crippen LogP contribution in [0.3, 0.4) is 0 Å². The molecule has 92 valence electrons. The van der Waals surface area contributed by atoms with Crippen LogP contribution in [0.2, 0.25) is 0 Å². The quantitative estimate of drug-likeness (QED) is 0.776. The van der Waals surface area contributed by atoms with Gasteiger partial charge in [-0.05, 0) is 49.7 Å². The van der Waals surface area contributed by atoms with Crippen molar-refractivity contribution in [1.29, 1.82) is 0 Å². The number of rotatable bonds is 3. The maximum absolute atomic E-state index is 13.0. The maximum Gasteiger partial charge on any atom is 0.230 e. The Morgan fingerprint density at radius 2 is 2.11 bits per heavy atom. The van der Waals surface area contributed by atoms with Gasteiger partial charge in [0.25, 0.3) is 0 Å². The minimum Gasteiger partial charge on any atom is -0.438 e. The molecule has 4 heteroatoms. The number of benzene rings is 1. The molecule has 18 heavy (non-hydrogen) atoms. The summed E-state index contributed by atoms with van der Waals surface area (Å²) in [5.74, 6) is 0.267. The van der Waals surface area contributed by atoms with Gasteiger partial charge in [-0.3, -0.25) is 4.79 Å². The second-order valence-electron chi connectivity index (χ2n) is 3.92. The molecule has 0 bridgehead atoms. The number of Topliss-reactive ketones (excluding diaryl/α,β-unsaturated/α-hetero) is 1. The number of hydrogen-bond acceptors (Lipinski definition) is 3. The molecular weight excluding hydrogens is 233 g/mol. The molecule has 0 amide bonds. The second-order valence-corrected chi connectivity index (χ2v) is 3.92. The topological polar surface area (TPSA) is 39.2 Å². The predicted molar refractivity (Wildman–Crippen MR) is 65.5 cm³/mol. The molecule has 0 saturated heterocycles. The van der Waals surface area contributed by atoms with Crippen LogP contribution in [-0.4, -0.2) is 10.8 Å². The number of aromatic nitrogens is 1. The summed E-state index contributed by atoms with van der Waals surface area (Å²) in [6.45, 7) is 3.18. The van der Waals surface area contributed by atoms with Gasteiger partial charge in [-0.25, -0.2) is 9.37 Å². The average Bonchev–Trinajstić information content (AvgIpc) is 2.33. The molecular formula is C14H12FNO2. The van der Waals surface area contributed by atoms with Crippen LogP contribution < -0.4 is 4.74 Å². The number of ketones is 1. The Bertz CT molecular complexity index is 596. The zero-order valence-corrected chi connectivity index (χ0v) is 10.1. The number of hydrogen-bond donors (Lipinski definition) is 0. The van der Waals surface area contributed by atoms with Crippen molar-refractivity contribution in [2.24, 2.45) is 0 Å². The maximum atomic E-state index is 13.0. The van der Waals surface area contributed by atoms with Crippen LogP contribution in [0.5, 0.6) is 11.6 Å². The Morgan fingerprint density at radius 3 is 2.78 bits per heavy atom. The average molecular weight is 245 g/mol. The van der Waals surface area contributed by atoms with Crippen molar-refractivity contribution >= 4 is 5.78 Å². The fraction of sp³-hybridized carbons (Fsp3) is 0.143. The smallest absolute Gasteiger partial charge is 0.230 e. The highest BCUT2D eigenvalue weighted by molar-refractivity contribution is 5.96. The van der Waals surface area contributed by atoms with E-state index in [1.165, 1.54) is 25.1 Å². The molecule has 3 nitrogen and oxygen atoms in total. The van der Waals surface area contributed by atoms with Gasteiger partial charge in [0.2, 0.25) is 5.88 Å². The van der Waals surface area contributed by atoms with E-state index in [1.807, 2.05) is 0 Å². The highest BCUT2D eigenvalue weighted by atomic mass is 19.1. The van der Waals surface area contributed by atoms with E-state index in [4.69, 9.17) is 4.74 Å². The van der Waals surface area contributed by atoms with Crippen LogP contribution in [0, 0.1) is 12.7 Å². The van der Waals surface area contributed by atoms with Crippen LogP contribution in [0.4, 0.5) is 4.39 Å². The molecule has 2 rings (SSSR count). The van der Waals surface area contributed by atoms with E-state index in [2.05, 4.69) is 4.98 Å². The number of pyridine rings is 1. The van der Waals surface area contributed by atoms with Gasteiger partial charge in [-0.2, -0.15) is 0 Å². The summed E-state index contributed by atoms with van der Waals surface area (Å²) in [7, 11) is 0. The monoisotopic (exact) mass is 245 g/mol. The molecule has 0 fully saturated rings. The first-order chi connectivity index (χ1) is 8.58. The lowest BCUT2D eigenvalue weighted by molar-refractivity contribution is 0.101. The zero-order chi connectivity index (χ0) is 13.1. The number of ether oxygens (including phenoxy) is 1. The summed E-state index contributed by atoms with van der Waals surface area (Å²) in [5.41, 5.74) is 1.05. The summed E-state index contributed by atoms with van der Waals surface area (Å²) in [5, 5.41) is 0. The van der Waals surface area contributed by atoms with E-state index in [-0.39, 0.29) is 17.5 Å². The first-order valence-electron chi connectivity index (χ1n) is 5.48. The summed E-state index contributed by atoms with van der Waals surface area (Å²) in [6.07, 6.45) is 1.54. The molecule has 1 heterocycles. The van der Waals surface area contributed by atoms with Crippen molar-refractivity contribution in [3.8, 4) is 11.6 Å². The summed E-state index contributed by atoms with van der Waals surface area (Å²) < 4.78 is 18.5. The molecule has 1 aromatic carbocycles. The van der Waals surface area contributed by atoms with Crippen molar-refractivity contribution in [2.45, 2.75) is 13.8 Å². The first-order valence-corrected chi connectivity index (χ1v) is 5.48. The second kappa shape index (κ2) is 4.96. The predicted octanol–water partition coefficient (Wildman–Crippen LogP) is 3.52. The Morgan fingerprint density at radius 1 is 1.33 bits per heavy atom. The molecule has 0 saturated carbocycles. The normalized spacial score (nSPS) is 10.2. The van der Waals surface area contributed by atoms with Gasteiger partial charge in [0.1, 0.15) is 11.6 Å². The van der Waals surface area contributed by atoms with Gasteiger partial charge in [-0.15, -0.1) is 0 Å². The highest BCUT2D eigenvalue weighted by Crippen LogP contribution is 2.26. The largest absolute Gasteiger partial charge is 0.438 e. The van der Waals surface area contributed by atoms with Gasteiger partial charge in [0.15, 0.2) is 5.78 Å². The number of aryl methyl sites for hydroxylation is 1. The minimum absolute atomic E-state index is 0.127. The molecule has 0 atom stereocenters. The van der Waals surface area contributed by atoms with Crippen LogP contribution in [-0.2, 0) is 0 Å². The zero-order valence-electron chi connectivity index (χ0n) is 10.1. The summed E-state index contributed by atoms with van der Waals surface area (Å²) >= 11 is 0. The molecule has 2 aromatic rings. The van der Waals surface area contributed by atoms with E-state index < -0.39 is 0 Å². The molecule has 0 aliphatic rings. The van der Waals surface area contributed by atoms with Gasteiger partial charge < -0.3 is 4.74 Å². The van der Waals surface area contributed by atoms with Gasteiger partial charge >= 0.3 is 0 Å². The van der Waals surface area contributed by atoms with E-state index >= 15 is 0 Å². The Labute approximate surface area is 104 Å². The van der Waals surface area contributed by atoms with Crippen LogP contribution in [0.1, 0.15) is 22.8 Å². The lowest BCUT2D eigenvalue weighted by Gasteiger charge is -2.10. The molecule has 0 aliphatic heterocycles. The van der Waals surface area contributed by atoms with Crippen LogP contribution in [0.15, 0.2) is 36.5 Å². The van der Waals surface area contributed by atoms with Crippen LogP contribution >= 0.6 is 0 Å². The third-order valence-electron chi connectivity index (χ3n) is 2.49. The van der Waals surface area contributed by atoms with E-state index in [9.17, 15) is 9.18 Å². The molecule has 0 spiro atoms. The van der Waals surface area contributed by atoms with Crippen molar-refractivity contribution in [1.82, 2.24) is 4.98 Å². The third kappa shape index (κ3) is 2.53. The SMILES string of the molecule is CC(=O)c1cccnc1Oc1ccc(F)cc1C.